The van der Waals surface area contributed by atoms with Crippen molar-refractivity contribution in [2.45, 2.75) is 25.8 Å². The van der Waals surface area contributed by atoms with E-state index in [1.165, 1.54) is 12.8 Å². The van der Waals surface area contributed by atoms with Crippen LogP contribution in [0.3, 0.4) is 0 Å². The van der Waals surface area contributed by atoms with Gasteiger partial charge in [0.1, 0.15) is 0 Å². The Kier molecular flexibility index (Phi) is 3.12. The molecule has 1 unspecified atom stereocenters. The Hall–Kier alpha value is -0.410. The summed E-state index contributed by atoms with van der Waals surface area (Å²) in [6.45, 7) is 2.19. The van der Waals surface area contributed by atoms with Crippen molar-refractivity contribution in [1.82, 2.24) is 0 Å². The molecular weight excluding hydrogens is 275 g/mol. The molecule has 0 aromatic heterocycles. The second-order valence-electron chi connectivity index (χ2n) is 4.12. The molecular formula is C11H14BrClN2. The summed E-state index contributed by atoms with van der Waals surface area (Å²) < 4.78 is 0.848. The van der Waals surface area contributed by atoms with E-state index in [9.17, 15) is 0 Å². The summed E-state index contributed by atoms with van der Waals surface area (Å²) in [5.41, 5.74) is 7.61. The first-order valence-electron chi connectivity index (χ1n) is 5.09. The Labute approximate surface area is 103 Å². The second-order valence-corrected chi connectivity index (χ2v) is 5.41. The Morgan fingerprint density at radius 2 is 2.20 bits per heavy atom. The summed E-state index contributed by atoms with van der Waals surface area (Å²) in [4.78, 5) is 0. The normalized spacial score (nSPS) is 17.5. The standard InChI is InChI=1S/C11H14BrClN2/c1-6(7-2-3-7)15-10-5-8(13)4-9(12)11(10)14/h4-7,15H,2-3,14H2,1H3. The lowest BCUT2D eigenvalue weighted by molar-refractivity contribution is 0.694. The van der Waals surface area contributed by atoms with Crippen molar-refractivity contribution in [1.29, 1.82) is 0 Å². The van der Waals surface area contributed by atoms with Gasteiger partial charge in [-0.1, -0.05) is 11.6 Å². The highest BCUT2D eigenvalue weighted by Crippen LogP contribution is 2.37. The van der Waals surface area contributed by atoms with Gasteiger partial charge in [-0.25, -0.2) is 0 Å². The predicted octanol–water partition coefficient (Wildman–Crippen LogP) is 3.90. The number of hydrogen-bond acceptors (Lipinski definition) is 2. The van der Waals surface area contributed by atoms with Crippen molar-refractivity contribution >= 4 is 38.9 Å². The number of nitrogen functional groups attached to an aromatic ring is 1. The minimum Gasteiger partial charge on any atom is -0.396 e. The van der Waals surface area contributed by atoms with Crippen LogP contribution < -0.4 is 11.1 Å². The number of benzene rings is 1. The van der Waals surface area contributed by atoms with Crippen LogP contribution in [0, 0.1) is 5.92 Å². The molecule has 1 fully saturated rings. The molecule has 0 saturated heterocycles. The van der Waals surface area contributed by atoms with Crippen LogP contribution in [0.5, 0.6) is 0 Å². The summed E-state index contributed by atoms with van der Waals surface area (Å²) in [5, 5.41) is 4.11. The molecule has 1 aliphatic rings. The maximum Gasteiger partial charge on any atom is 0.0695 e. The highest BCUT2D eigenvalue weighted by atomic mass is 79.9. The summed E-state index contributed by atoms with van der Waals surface area (Å²) in [6, 6.07) is 4.15. The van der Waals surface area contributed by atoms with E-state index in [4.69, 9.17) is 17.3 Å². The van der Waals surface area contributed by atoms with Crippen molar-refractivity contribution in [3.8, 4) is 0 Å². The second kappa shape index (κ2) is 4.22. The van der Waals surface area contributed by atoms with E-state index in [1.54, 1.807) is 0 Å². The van der Waals surface area contributed by atoms with E-state index in [0.29, 0.717) is 11.1 Å². The van der Waals surface area contributed by atoms with Crippen LogP contribution in [0.15, 0.2) is 16.6 Å². The highest BCUT2D eigenvalue weighted by molar-refractivity contribution is 9.10. The lowest BCUT2D eigenvalue weighted by Crippen LogP contribution is -2.18. The molecule has 0 aliphatic heterocycles. The van der Waals surface area contributed by atoms with Gasteiger partial charge in [0.2, 0.25) is 0 Å². The molecule has 2 rings (SSSR count). The first kappa shape index (κ1) is 11.1. The Bertz CT molecular complexity index is 377. The summed E-state index contributed by atoms with van der Waals surface area (Å²) in [6.07, 6.45) is 2.63. The van der Waals surface area contributed by atoms with Gasteiger partial charge < -0.3 is 11.1 Å². The van der Waals surface area contributed by atoms with Crippen LogP contribution in [0.2, 0.25) is 5.02 Å². The SMILES string of the molecule is CC(Nc1cc(Cl)cc(Br)c1N)C1CC1. The van der Waals surface area contributed by atoms with E-state index in [2.05, 4.69) is 28.2 Å². The fourth-order valence-corrected chi connectivity index (χ4v) is 2.47. The van der Waals surface area contributed by atoms with E-state index in [1.807, 2.05) is 12.1 Å². The molecule has 0 spiro atoms. The molecule has 3 N–H and O–H groups in total. The first-order chi connectivity index (χ1) is 7.08. The molecule has 4 heteroatoms. The van der Waals surface area contributed by atoms with Crippen LogP contribution in [0.1, 0.15) is 19.8 Å². The van der Waals surface area contributed by atoms with E-state index in [0.717, 1.165) is 21.8 Å². The fourth-order valence-electron chi connectivity index (χ4n) is 1.66. The van der Waals surface area contributed by atoms with Crippen LogP contribution in [0.4, 0.5) is 11.4 Å². The van der Waals surface area contributed by atoms with E-state index in [-0.39, 0.29) is 0 Å². The lowest BCUT2D eigenvalue weighted by atomic mass is 10.2. The van der Waals surface area contributed by atoms with Crippen molar-refractivity contribution in [2.24, 2.45) is 5.92 Å². The third kappa shape index (κ3) is 2.58. The molecule has 2 nitrogen and oxygen atoms in total. The molecule has 0 heterocycles. The zero-order valence-corrected chi connectivity index (χ0v) is 10.9. The first-order valence-corrected chi connectivity index (χ1v) is 6.26. The lowest BCUT2D eigenvalue weighted by Gasteiger charge is -2.17. The summed E-state index contributed by atoms with van der Waals surface area (Å²) >= 11 is 9.37. The summed E-state index contributed by atoms with van der Waals surface area (Å²) in [7, 11) is 0. The molecule has 0 radical (unpaired) electrons. The maximum absolute atomic E-state index is 5.98. The zero-order valence-electron chi connectivity index (χ0n) is 8.56. The molecule has 1 saturated carbocycles. The van der Waals surface area contributed by atoms with Gasteiger partial charge in [0, 0.05) is 15.5 Å². The fraction of sp³-hybridized carbons (Fsp3) is 0.455. The van der Waals surface area contributed by atoms with Gasteiger partial charge in [-0.2, -0.15) is 0 Å². The molecule has 1 atom stereocenters. The zero-order chi connectivity index (χ0) is 11.0. The van der Waals surface area contributed by atoms with Crippen LogP contribution in [-0.4, -0.2) is 6.04 Å². The van der Waals surface area contributed by atoms with Gasteiger partial charge in [-0.15, -0.1) is 0 Å². The van der Waals surface area contributed by atoms with E-state index < -0.39 is 0 Å². The minimum absolute atomic E-state index is 0.470. The summed E-state index contributed by atoms with van der Waals surface area (Å²) in [5.74, 6) is 0.794. The average Bonchev–Trinajstić information content (AvgIpc) is 2.96. The monoisotopic (exact) mass is 288 g/mol. The highest BCUT2D eigenvalue weighted by Gasteiger charge is 2.28. The van der Waals surface area contributed by atoms with Crippen molar-refractivity contribution in [3.63, 3.8) is 0 Å². The van der Waals surface area contributed by atoms with Crippen LogP contribution in [-0.2, 0) is 0 Å². The van der Waals surface area contributed by atoms with Gasteiger partial charge >= 0.3 is 0 Å². The minimum atomic E-state index is 0.470. The maximum atomic E-state index is 5.98. The van der Waals surface area contributed by atoms with Gasteiger partial charge in [-0.3, -0.25) is 0 Å². The molecule has 1 aromatic carbocycles. The average molecular weight is 290 g/mol. The number of nitrogens with two attached hydrogens (primary N) is 1. The molecule has 0 bridgehead atoms. The molecule has 0 amide bonds. The van der Waals surface area contributed by atoms with Crippen molar-refractivity contribution in [2.75, 3.05) is 11.1 Å². The molecule has 1 aromatic rings. The van der Waals surface area contributed by atoms with Crippen molar-refractivity contribution < 1.29 is 0 Å². The van der Waals surface area contributed by atoms with Gasteiger partial charge in [0.25, 0.3) is 0 Å². The predicted molar refractivity (Wildman–Crippen MR) is 69.4 cm³/mol. The van der Waals surface area contributed by atoms with Crippen molar-refractivity contribution in [3.05, 3.63) is 21.6 Å². The number of hydrogen-bond donors (Lipinski definition) is 2. The molecule has 15 heavy (non-hydrogen) atoms. The van der Waals surface area contributed by atoms with Gasteiger partial charge in [0.15, 0.2) is 0 Å². The Balaban J connectivity index is 2.19. The number of nitrogens with one attached hydrogen (secondary N) is 1. The smallest absolute Gasteiger partial charge is 0.0695 e. The molecule has 1 aliphatic carbocycles. The third-order valence-electron chi connectivity index (χ3n) is 2.81. The van der Waals surface area contributed by atoms with Gasteiger partial charge in [-0.05, 0) is 53.7 Å². The number of halogens is 2. The quantitative estimate of drug-likeness (QED) is 0.828. The van der Waals surface area contributed by atoms with Gasteiger partial charge in [0.05, 0.1) is 11.4 Å². The molecule has 82 valence electrons. The Morgan fingerprint density at radius 1 is 1.53 bits per heavy atom. The topological polar surface area (TPSA) is 38.0 Å². The van der Waals surface area contributed by atoms with Crippen LogP contribution in [0.25, 0.3) is 0 Å². The largest absolute Gasteiger partial charge is 0.396 e. The van der Waals surface area contributed by atoms with E-state index >= 15 is 0 Å². The third-order valence-corrected chi connectivity index (χ3v) is 3.68. The number of rotatable bonds is 3. The number of anilines is 2. The Morgan fingerprint density at radius 3 is 2.80 bits per heavy atom. The van der Waals surface area contributed by atoms with Crippen LogP contribution >= 0.6 is 27.5 Å².